The van der Waals surface area contributed by atoms with Crippen molar-refractivity contribution in [1.29, 1.82) is 0 Å². The van der Waals surface area contributed by atoms with Gasteiger partial charge in [0.25, 0.3) is 0 Å². The quantitative estimate of drug-likeness (QED) is 0.784. The van der Waals surface area contributed by atoms with Gasteiger partial charge in [0.1, 0.15) is 0 Å². The van der Waals surface area contributed by atoms with Crippen LogP contribution in [0.1, 0.15) is 49.8 Å². The summed E-state index contributed by atoms with van der Waals surface area (Å²) in [4.78, 5) is 5.99. The van der Waals surface area contributed by atoms with E-state index in [9.17, 15) is 0 Å². The van der Waals surface area contributed by atoms with Crippen molar-refractivity contribution in [3.05, 3.63) is 35.0 Å². The number of hydrogen-bond donors (Lipinski definition) is 2. The molecule has 1 aromatic heterocycles. The van der Waals surface area contributed by atoms with Crippen LogP contribution < -0.4 is 5.73 Å². The molecule has 22 heavy (non-hydrogen) atoms. The number of fused-ring (bicyclic) bond motifs is 2. The molecule has 4 rings (SSSR count). The zero-order valence-electron chi connectivity index (χ0n) is 14.1. The Labute approximate surface area is 132 Å². The number of aromatic amines is 1. The highest BCUT2D eigenvalue weighted by Crippen LogP contribution is 2.44. The molecule has 2 aromatic rings. The zero-order valence-corrected chi connectivity index (χ0v) is 14.1. The first-order valence-corrected chi connectivity index (χ1v) is 8.45. The van der Waals surface area contributed by atoms with Gasteiger partial charge in [-0.15, -0.1) is 0 Å². The molecule has 1 aliphatic heterocycles. The second kappa shape index (κ2) is 4.59. The second-order valence-corrected chi connectivity index (χ2v) is 8.37. The van der Waals surface area contributed by atoms with E-state index in [2.05, 4.69) is 56.0 Å². The minimum atomic E-state index is 0.172. The molecule has 2 aliphatic rings. The summed E-state index contributed by atoms with van der Waals surface area (Å²) in [6, 6.07) is 5.69. The number of nitrogens with one attached hydrogen (secondary N) is 1. The number of H-pyrrole nitrogens is 1. The topological polar surface area (TPSA) is 45.0 Å². The minimum absolute atomic E-state index is 0.172. The third-order valence-electron chi connectivity index (χ3n) is 5.70. The highest BCUT2D eigenvalue weighted by Gasteiger charge is 2.39. The van der Waals surface area contributed by atoms with E-state index in [1.165, 1.54) is 27.6 Å². The van der Waals surface area contributed by atoms with Crippen LogP contribution >= 0.6 is 0 Å². The lowest BCUT2D eigenvalue weighted by molar-refractivity contribution is 0.141. The number of rotatable bonds is 0. The van der Waals surface area contributed by atoms with Crippen LogP contribution in [0.4, 0.5) is 0 Å². The monoisotopic (exact) mass is 297 g/mol. The number of piperidine rings is 1. The third-order valence-corrected chi connectivity index (χ3v) is 5.70. The van der Waals surface area contributed by atoms with E-state index in [0.717, 1.165) is 19.4 Å². The Morgan fingerprint density at radius 1 is 1.27 bits per heavy atom. The first kappa shape index (κ1) is 14.3. The maximum absolute atomic E-state index is 6.33. The normalized spacial score (nSPS) is 28.9. The van der Waals surface area contributed by atoms with Crippen LogP contribution in [0, 0.1) is 0 Å². The van der Waals surface area contributed by atoms with E-state index >= 15 is 0 Å². The molecule has 118 valence electrons. The average molecular weight is 297 g/mol. The molecule has 0 amide bonds. The molecule has 1 aromatic carbocycles. The van der Waals surface area contributed by atoms with Gasteiger partial charge >= 0.3 is 0 Å². The van der Waals surface area contributed by atoms with Gasteiger partial charge in [0.05, 0.1) is 0 Å². The molecule has 3 N–H and O–H groups in total. The van der Waals surface area contributed by atoms with Gasteiger partial charge in [-0.3, -0.25) is 0 Å². The third kappa shape index (κ3) is 2.03. The lowest BCUT2D eigenvalue weighted by Crippen LogP contribution is -2.52. The highest BCUT2D eigenvalue weighted by molar-refractivity contribution is 5.89. The molecule has 3 heteroatoms. The smallest absolute Gasteiger partial charge is 0.0462 e. The average Bonchev–Trinajstić information content (AvgIpc) is 2.83. The van der Waals surface area contributed by atoms with Crippen LogP contribution in [0.25, 0.3) is 10.9 Å². The highest BCUT2D eigenvalue weighted by atomic mass is 15.2. The van der Waals surface area contributed by atoms with Gasteiger partial charge in [-0.25, -0.2) is 0 Å². The number of aromatic nitrogens is 1. The van der Waals surface area contributed by atoms with Crippen molar-refractivity contribution in [3.63, 3.8) is 0 Å². The Hall–Kier alpha value is -1.32. The van der Waals surface area contributed by atoms with Crippen molar-refractivity contribution in [2.45, 2.75) is 57.0 Å². The maximum atomic E-state index is 6.33. The summed E-state index contributed by atoms with van der Waals surface area (Å²) in [5, 5.41) is 1.47. The van der Waals surface area contributed by atoms with Gasteiger partial charge in [0, 0.05) is 41.6 Å². The molecular weight excluding hydrogens is 270 g/mol. The molecular formula is C19H27N3. The summed E-state index contributed by atoms with van der Waals surface area (Å²) in [6.45, 7) is 7.90. The van der Waals surface area contributed by atoms with Crippen molar-refractivity contribution in [3.8, 4) is 0 Å². The maximum Gasteiger partial charge on any atom is 0.0462 e. The molecule has 0 unspecified atom stereocenters. The lowest BCUT2D eigenvalue weighted by atomic mass is 9.72. The number of likely N-dealkylation sites (tertiary alicyclic amines) is 1. The molecule has 2 heterocycles. The number of hydrogen-bond acceptors (Lipinski definition) is 2. The standard InChI is InChI=1S/C19H27N3/c1-19(2,3)12-6-15-14-8-13(20)10-22(4)17(14)5-11-9-21-16(7-12)18(11)15/h6-7,9,13-14,17,21H,5,8,10,20H2,1-4H3/t13-,14-,17-/m1/s1. The fourth-order valence-electron chi connectivity index (χ4n) is 4.49. The number of likely N-dealkylation sites (N-methyl/N-ethyl adjacent to an activating group) is 1. The SMILES string of the molecule is CN1C[C@H](N)C[C@@H]2c3cc(C(C)(C)C)cc4[nH]cc(c34)C[C@H]21. The molecule has 1 fully saturated rings. The van der Waals surface area contributed by atoms with Crippen LogP contribution in [0.2, 0.25) is 0 Å². The molecule has 1 aliphatic carbocycles. The van der Waals surface area contributed by atoms with Gasteiger partial charge in [0.15, 0.2) is 0 Å². The van der Waals surface area contributed by atoms with E-state index in [1.807, 2.05) is 0 Å². The summed E-state index contributed by atoms with van der Waals surface area (Å²) >= 11 is 0. The van der Waals surface area contributed by atoms with Crippen molar-refractivity contribution >= 4 is 10.9 Å². The number of nitrogens with two attached hydrogens (primary N) is 1. The van der Waals surface area contributed by atoms with E-state index in [-0.39, 0.29) is 5.41 Å². The van der Waals surface area contributed by atoms with Gasteiger partial charge in [-0.2, -0.15) is 0 Å². The molecule has 0 bridgehead atoms. The van der Waals surface area contributed by atoms with Crippen LogP contribution in [0.5, 0.6) is 0 Å². The van der Waals surface area contributed by atoms with E-state index < -0.39 is 0 Å². The summed E-state index contributed by atoms with van der Waals surface area (Å²) < 4.78 is 0. The minimum Gasteiger partial charge on any atom is -0.361 e. The zero-order chi connectivity index (χ0) is 15.6. The summed E-state index contributed by atoms with van der Waals surface area (Å²) in [5.74, 6) is 0.571. The summed E-state index contributed by atoms with van der Waals surface area (Å²) in [6.07, 6.45) is 4.48. The summed E-state index contributed by atoms with van der Waals surface area (Å²) in [7, 11) is 2.24. The lowest BCUT2D eigenvalue weighted by Gasteiger charge is -2.45. The van der Waals surface area contributed by atoms with E-state index in [1.54, 1.807) is 0 Å². The number of benzene rings is 1. The van der Waals surface area contributed by atoms with Crippen molar-refractivity contribution in [1.82, 2.24) is 9.88 Å². The first-order valence-electron chi connectivity index (χ1n) is 8.45. The molecule has 1 saturated heterocycles. The number of nitrogens with zero attached hydrogens (tertiary/aromatic N) is 1. The largest absolute Gasteiger partial charge is 0.361 e. The predicted molar refractivity (Wildman–Crippen MR) is 92.5 cm³/mol. The summed E-state index contributed by atoms with van der Waals surface area (Å²) in [5.41, 5.74) is 12.2. The van der Waals surface area contributed by atoms with Crippen molar-refractivity contribution in [2.75, 3.05) is 13.6 Å². The Morgan fingerprint density at radius 3 is 2.77 bits per heavy atom. The Morgan fingerprint density at radius 2 is 2.05 bits per heavy atom. The molecule has 3 atom stereocenters. The Kier molecular flexibility index (Phi) is 2.98. The fourth-order valence-corrected chi connectivity index (χ4v) is 4.49. The fraction of sp³-hybridized carbons (Fsp3) is 0.579. The first-order chi connectivity index (χ1) is 10.3. The van der Waals surface area contributed by atoms with E-state index in [4.69, 9.17) is 5.73 Å². The Balaban J connectivity index is 1.93. The van der Waals surface area contributed by atoms with Crippen LogP contribution in [-0.2, 0) is 11.8 Å². The van der Waals surface area contributed by atoms with Gasteiger partial charge in [0.2, 0.25) is 0 Å². The van der Waals surface area contributed by atoms with Crippen molar-refractivity contribution in [2.24, 2.45) is 5.73 Å². The molecule has 0 radical (unpaired) electrons. The van der Waals surface area contributed by atoms with E-state index in [0.29, 0.717) is 18.0 Å². The Bertz CT molecular complexity index is 722. The van der Waals surface area contributed by atoms with Crippen LogP contribution in [0.3, 0.4) is 0 Å². The van der Waals surface area contributed by atoms with Gasteiger partial charge < -0.3 is 15.6 Å². The van der Waals surface area contributed by atoms with Crippen LogP contribution in [0.15, 0.2) is 18.3 Å². The molecule has 3 nitrogen and oxygen atoms in total. The molecule has 0 saturated carbocycles. The van der Waals surface area contributed by atoms with Crippen LogP contribution in [-0.4, -0.2) is 35.6 Å². The second-order valence-electron chi connectivity index (χ2n) is 8.37. The van der Waals surface area contributed by atoms with Crippen molar-refractivity contribution < 1.29 is 0 Å². The van der Waals surface area contributed by atoms with Gasteiger partial charge in [-0.05, 0) is 48.1 Å². The predicted octanol–water partition coefficient (Wildman–Crippen LogP) is 3.14. The van der Waals surface area contributed by atoms with Gasteiger partial charge in [-0.1, -0.05) is 26.8 Å². The molecule has 0 spiro atoms.